The maximum Gasteiger partial charge on any atom is 0.258 e. The van der Waals surface area contributed by atoms with Gasteiger partial charge in [0.1, 0.15) is 22.9 Å². The van der Waals surface area contributed by atoms with Crippen LogP contribution in [0.25, 0.3) is 27.8 Å². The average Bonchev–Trinajstić information content (AvgIpc) is 3.17. The van der Waals surface area contributed by atoms with Crippen LogP contribution >= 0.6 is 0 Å². The van der Waals surface area contributed by atoms with E-state index in [2.05, 4.69) is 22.4 Å². The van der Waals surface area contributed by atoms with Crippen molar-refractivity contribution < 1.29 is 4.74 Å². The molecule has 0 spiro atoms. The molecule has 0 atom stereocenters. The highest BCUT2D eigenvalue weighted by molar-refractivity contribution is 5.87. The first-order valence-electron chi connectivity index (χ1n) is 10.1. The minimum absolute atomic E-state index is 0.190. The fourth-order valence-corrected chi connectivity index (χ4v) is 3.83. The second-order valence-corrected chi connectivity index (χ2v) is 7.50. The molecule has 6 nitrogen and oxygen atoms in total. The van der Waals surface area contributed by atoms with Gasteiger partial charge in [-0.3, -0.25) is 9.20 Å². The van der Waals surface area contributed by atoms with Crippen molar-refractivity contribution in [2.24, 2.45) is 0 Å². The first-order valence-corrected chi connectivity index (χ1v) is 10.1. The number of aromatic amines is 1. The highest BCUT2D eigenvalue weighted by Gasteiger charge is 2.18. The zero-order valence-corrected chi connectivity index (χ0v) is 17.3. The quantitative estimate of drug-likeness (QED) is 0.438. The molecule has 154 valence electrons. The van der Waals surface area contributed by atoms with Gasteiger partial charge in [0, 0.05) is 18.8 Å². The van der Waals surface area contributed by atoms with Gasteiger partial charge in [-0.05, 0) is 47.7 Å². The third kappa shape index (κ3) is 3.42. The minimum atomic E-state index is -0.190. The third-order valence-corrected chi connectivity index (χ3v) is 5.46. The molecule has 2 aromatic carbocycles. The van der Waals surface area contributed by atoms with Crippen LogP contribution in [0.1, 0.15) is 11.1 Å². The van der Waals surface area contributed by atoms with Crippen LogP contribution in [0.2, 0.25) is 0 Å². The van der Waals surface area contributed by atoms with Gasteiger partial charge < -0.3 is 15.0 Å². The topological polar surface area (TPSA) is 71.4 Å². The van der Waals surface area contributed by atoms with Crippen LogP contribution in [0.15, 0.2) is 77.7 Å². The number of aryl methyl sites for hydroxylation is 1. The molecule has 0 amide bonds. The molecule has 0 aliphatic heterocycles. The number of ether oxygens (including phenoxy) is 1. The lowest BCUT2D eigenvalue weighted by atomic mass is 10.1. The Morgan fingerprint density at radius 2 is 1.90 bits per heavy atom. The van der Waals surface area contributed by atoms with Crippen molar-refractivity contribution in [1.82, 2.24) is 14.4 Å². The van der Waals surface area contributed by atoms with Gasteiger partial charge in [0.15, 0.2) is 0 Å². The van der Waals surface area contributed by atoms with Crippen LogP contribution in [0.4, 0.5) is 5.82 Å². The Kier molecular flexibility index (Phi) is 4.67. The van der Waals surface area contributed by atoms with E-state index >= 15 is 0 Å². The number of anilines is 1. The molecule has 0 aliphatic carbocycles. The zero-order valence-electron chi connectivity index (χ0n) is 17.3. The molecular formula is C25H22N4O2. The maximum absolute atomic E-state index is 13.0. The van der Waals surface area contributed by atoms with Gasteiger partial charge >= 0.3 is 0 Å². The number of nitrogens with one attached hydrogen (secondary N) is 2. The molecule has 6 heteroatoms. The summed E-state index contributed by atoms with van der Waals surface area (Å²) in [5, 5.41) is 4.41. The van der Waals surface area contributed by atoms with Crippen molar-refractivity contribution in [3.05, 3.63) is 94.4 Å². The van der Waals surface area contributed by atoms with Crippen molar-refractivity contribution in [3.8, 4) is 17.0 Å². The van der Waals surface area contributed by atoms with Gasteiger partial charge in [-0.25, -0.2) is 4.98 Å². The highest BCUT2D eigenvalue weighted by Crippen LogP contribution is 2.30. The molecule has 5 rings (SSSR count). The molecule has 0 bridgehead atoms. The molecule has 0 aliphatic rings. The largest absolute Gasteiger partial charge is 0.497 e. The smallest absolute Gasteiger partial charge is 0.258 e. The summed E-state index contributed by atoms with van der Waals surface area (Å²) in [4.78, 5) is 20.9. The summed E-state index contributed by atoms with van der Waals surface area (Å²) in [6.07, 6.45) is 1.96. The second-order valence-electron chi connectivity index (χ2n) is 7.50. The minimum Gasteiger partial charge on any atom is -0.497 e. The molecule has 0 unspecified atom stereocenters. The van der Waals surface area contributed by atoms with Crippen LogP contribution in [0.3, 0.4) is 0 Å². The van der Waals surface area contributed by atoms with Crippen LogP contribution in [0.5, 0.6) is 5.75 Å². The predicted molar refractivity (Wildman–Crippen MR) is 124 cm³/mol. The number of hydrogen-bond acceptors (Lipinski definition) is 4. The number of benzene rings is 2. The Balaban J connectivity index is 1.68. The van der Waals surface area contributed by atoms with E-state index in [-0.39, 0.29) is 5.56 Å². The summed E-state index contributed by atoms with van der Waals surface area (Å²) in [7, 11) is 1.61. The van der Waals surface area contributed by atoms with E-state index in [0.717, 1.165) is 33.5 Å². The van der Waals surface area contributed by atoms with Gasteiger partial charge in [0.25, 0.3) is 5.56 Å². The van der Waals surface area contributed by atoms with Gasteiger partial charge in [-0.2, -0.15) is 0 Å². The third-order valence-electron chi connectivity index (χ3n) is 5.46. The van der Waals surface area contributed by atoms with Gasteiger partial charge in [0.2, 0.25) is 0 Å². The molecular weight excluding hydrogens is 388 g/mol. The Morgan fingerprint density at radius 1 is 1.06 bits per heavy atom. The van der Waals surface area contributed by atoms with Crippen LogP contribution in [0, 0.1) is 6.92 Å². The maximum atomic E-state index is 13.0. The number of nitrogens with zero attached hydrogens (tertiary/aromatic N) is 2. The molecule has 0 fully saturated rings. The molecule has 3 aromatic heterocycles. The van der Waals surface area contributed by atoms with Crippen LogP contribution in [-0.4, -0.2) is 21.5 Å². The predicted octanol–water partition coefficient (Wildman–Crippen LogP) is 4.77. The molecule has 3 heterocycles. The summed E-state index contributed by atoms with van der Waals surface area (Å²) < 4.78 is 7.28. The fourth-order valence-electron chi connectivity index (χ4n) is 3.83. The van der Waals surface area contributed by atoms with E-state index in [1.54, 1.807) is 7.11 Å². The fraction of sp³-hybridized carbons (Fsp3) is 0.120. The van der Waals surface area contributed by atoms with Gasteiger partial charge in [0.05, 0.1) is 18.2 Å². The lowest BCUT2D eigenvalue weighted by molar-refractivity contribution is 0.415. The molecule has 2 N–H and O–H groups in total. The normalized spacial score (nSPS) is 11.2. The summed E-state index contributed by atoms with van der Waals surface area (Å²) in [5.74, 6) is 1.49. The SMILES string of the molecule is COc1ccc2cc(-c3nc4c(C)cccn4c3NCc3ccccc3)c(=O)[nH]c2c1. The number of pyridine rings is 2. The van der Waals surface area contributed by atoms with Crippen molar-refractivity contribution in [1.29, 1.82) is 0 Å². The summed E-state index contributed by atoms with van der Waals surface area (Å²) in [5.41, 5.74) is 4.70. The van der Waals surface area contributed by atoms with Crippen molar-refractivity contribution in [2.75, 3.05) is 12.4 Å². The van der Waals surface area contributed by atoms with E-state index in [9.17, 15) is 4.79 Å². The number of methoxy groups -OCH3 is 1. The number of rotatable bonds is 5. The molecule has 31 heavy (non-hydrogen) atoms. The summed E-state index contributed by atoms with van der Waals surface area (Å²) in [6.45, 7) is 2.64. The molecule has 5 aromatic rings. The Labute approximate surface area is 179 Å². The second kappa shape index (κ2) is 7.65. The zero-order chi connectivity index (χ0) is 21.4. The number of hydrogen-bond donors (Lipinski definition) is 2. The number of aromatic nitrogens is 3. The molecule has 0 saturated heterocycles. The number of fused-ring (bicyclic) bond motifs is 2. The lowest BCUT2D eigenvalue weighted by Gasteiger charge is -2.10. The van der Waals surface area contributed by atoms with Crippen molar-refractivity contribution >= 4 is 22.4 Å². The summed E-state index contributed by atoms with van der Waals surface area (Å²) >= 11 is 0. The first kappa shape index (κ1) is 18.9. The van der Waals surface area contributed by atoms with Crippen molar-refractivity contribution in [2.45, 2.75) is 13.5 Å². The van der Waals surface area contributed by atoms with E-state index in [1.807, 2.05) is 72.1 Å². The van der Waals surface area contributed by atoms with E-state index < -0.39 is 0 Å². The molecule has 0 radical (unpaired) electrons. The van der Waals surface area contributed by atoms with E-state index in [0.29, 0.717) is 23.6 Å². The first-order chi connectivity index (χ1) is 15.1. The number of imidazole rings is 1. The molecule has 0 saturated carbocycles. The standard InChI is InChI=1S/C25H22N4O2/c1-16-7-6-12-29-23(16)28-22(24(29)26-15-17-8-4-3-5-9-17)20-13-18-10-11-19(31-2)14-21(18)27-25(20)30/h3-14,26H,15H2,1-2H3,(H,27,30). The van der Waals surface area contributed by atoms with Crippen LogP contribution < -0.4 is 15.6 Å². The lowest BCUT2D eigenvalue weighted by Crippen LogP contribution is -2.11. The average molecular weight is 410 g/mol. The Bertz CT molecular complexity index is 1450. The van der Waals surface area contributed by atoms with E-state index in [4.69, 9.17) is 9.72 Å². The number of H-pyrrole nitrogens is 1. The van der Waals surface area contributed by atoms with E-state index in [1.165, 1.54) is 0 Å². The van der Waals surface area contributed by atoms with Gasteiger partial charge in [-0.15, -0.1) is 0 Å². The van der Waals surface area contributed by atoms with Crippen LogP contribution in [-0.2, 0) is 6.54 Å². The van der Waals surface area contributed by atoms with Crippen molar-refractivity contribution in [3.63, 3.8) is 0 Å². The summed E-state index contributed by atoms with van der Waals surface area (Å²) in [6, 6.07) is 21.7. The Hall–Kier alpha value is -4.06. The highest BCUT2D eigenvalue weighted by atomic mass is 16.5. The Morgan fingerprint density at radius 3 is 2.71 bits per heavy atom. The monoisotopic (exact) mass is 410 g/mol. The van der Waals surface area contributed by atoms with Gasteiger partial charge in [-0.1, -0.05) is 36.4 Å².